The van der Waals surface area contributed by atoms with Crippen LogP contribution in [-0.4, -0.2) is 17.9 Å². The fourth-order valence-corrected chi connectivity index (χ4v) is 2.61. The molecule has 0 aromatic heterocycles. The van der Waals surface area contributed by atoms with Gasteiger partial charge in [0, 0.05) is 5.56 Å². The number of nitrogens with zero attached hydrogens (tertiary/aromatic N) is 1. The van der Waals surface area contributed by atoms with E-state index in [0.717, 1.165) is 12.1 Å². The second-order valence-electron chi connectivity index (χ2n) is 5.44. The summed E-state index contributed by atoms with van der Waals surface area (Å²) in [6.45, 7) is 1.52. The Hall–Kier alpha value is -2.83. The lowest BCUT2D eigenvalue weighted by atomic mass is 10.0. The van der Waals surface area contributed by atoms with E-state index in [-0.39, 0.29) is 5.56 Å². The van der Waals surface area contributed by atoms with Gasteiger partial charge in [-0.15, -0.1) is 0 Å². The first kappa shape index (κ1) is 16.0. The zero-order chi connectivity index (χ0) is 17.5. The third-order valence-corrected chi connectivity index (χ3v) is 3.84. The minimum atomic E-state index is -4.54. The van der Waals surface area contributed by atoms with Crippen LogP contribution in [0.5, 0.6) is 0 Å². The Morgan fingerprint density at radius 3 is 2.54 bits per heavy atom. The zero-order valence-corrected chi connectivity index (χ0v) is 12.6. The minimum absolute atomic E-state index is 0.124. The van der Waals surface area contributed by atoms with E-state index in [1.54, 1.807) is 24.3 Å². The molecule has 1 N–H and O–H groups in total. The van der Waals surface area contributed by atoms with Crippen molar-refractivity contribution in [3.8, 4) is 0 Å². The van der Waals surface area contributed by atoms with Crippen molar-refractivity contribution in [1.82, 2.24) is 0 Å². The van der Waals surface area contributed by atoms with E-state index in [1.807, 2.05) is 0 Å². The van der Waals surface area contributed by atoms with Gasteiger partial charge in [-0.25, -0.2) is 0 Å². The van der Waals surface area contributed by atoms with Crippen LogP contribution in [0.25, 0.3) is 0 Å². The van der Waals surface area contributed by atoms with Gasteiger partial charge in [0.1, 0.15) is 6.04 Å². The molecule has 0 fully saturated rings. The molecule has 2 aromatic carbocycles. The van der Waals surface area contributed by atoms with Crippen molar-refractivity contribution >= 4 is 23.2 Å². The van der Waals surface area contributed by atoms with Gasteiger partial charge in [-0.05, 0) is 37.3 Å². The van der Waals surface area contributed by atoms with Crippen molar-refractivity contribution in [2.24, 2.45) is 0 Å². The number of para-hydroxylation sites is 2. The average Bonchev–Trinajstić information content (AvgIpc) is 2.55. The second kappa shape index (κ2) is 5.67. The molecule has 3 rings (SSSR count). The van der Waals surface area contributed by atoms with Crippen molar-refractivity contribution in [1.29, 1.82) is 0 Å². The molecule has 0 saturated carbocycles. The molecule has 1 aliphatic rings. The first-order valence-electron chi connectivity index (χ1n) is 7.20. The predicted molar refractivity (Wildman–Crippen MR) is 82.8 cm³/mol. The van der Waals surface area contributed by atoms with E-state index in [9.17, 15) is 22.8 Å². The van der Waals surface area contributed by atoms with Crippen LogP contribution in [0, 0.1) is 0 Å². The predicted octanol–water partition coefficient (Wildman–Crippen LogP) is 3.69. The quantitative estimate of drug-likeness (QED) is 0.865. The average molecular weight is 334 g/mol. The van der Waals surface area contributed by atoms with Gasteiger partial charge in [-0.2, -0.15) is 13.2 Å². The number of fused-ring (bicyclic) bond motifs is 1. The summed E-state index contributed by atoms with van der Waals surface area (Å²) in [5.74, 6) is -1.05. The molecule has 1 atom stereocenters. The lowest BCUT2D eigenvalue weighted by molar-refractivity contribution is -0.137. The lowest BCUT2D eigenvalue weighted by Gasteiger charge is -2.34. The number of carbonyl (C=O) groups is 2. The molecule has 124 valence electrons. The highest BCUT2D eigenvalue weighted by atomic mass is 19.4. The molecule has 4 nitrogen and oxygen atoms in total. The maximum absolute atomic E-state index is 12.9. The number of rotatable bonds is 1. The molecule has 0 aliphatic carbocycles. The van der Waals surface area contributed by atoms with Gasteiger partial charge in [-0.1, -0.05) is 18.2 Å². The standard InChI is InChI=1S/C17H13F3N2O2/c1-10-15(23)21-13-7-2-3-8-14(13)22(10)16(24)11-5-4-6-12(9-11)17(18,19)20/h2-10H,1H3,(H,21,23)/t10-/m0/s1. The molecule has 7 heteroatoms. The highest BCUT2D eigenvalue weighted by Gasteiger charge is 2.36. The van der Waals surface area contributed by atoms with Gasteiger partial charge < -0.3 is 5.32 Å². The molecule has 1 aliphatic heterocycles. The fraction of sp³-hybridized carbons (Fsp3) is 0.176. The Labute approximate surface area is 135 Å². The summed E-state index contributed by atoms with van der Waals surface area (Å²) in [6, 6.07) is 10.00. The molecule has 0 radical (unpaired) electrons. The van der Waals surface area contributed by atoms with E-state index in [0.29, 0.717) is 11.4 Å². The maximum Gasteiger partial charge on any atom is 0.416 e. The van der Waals surface area contributed by atoms with Gasteiger partial charge in [0.05, 0.1) is 16.9 Å². The molecular formula is C17H13F3N2O2. The van der Waals surface area contributed by atoms with Crippen LogP contribution in [0.15, 0.2) is 48.5 Å². The number of anilines is 2. The van der Waals surface area contributed by atoms with Crippen LogP contribution >= 0.6 is 0 Å². The number of benzene rings is 2. The van der Waals surface area contributed by atoms with Gasteiger partial charge in [-0.3, -0.25) is 14.5 Å². The van der Waals surface area contributed by atoms with Gasteiger partial charge in [0.15, 0.2) is 0 Å². The van der Waals surface area contributed by atoms with Crippen molar-refractivity contribution in [3.05, 3.63) is 59.7 Å². The summed E-state index contributed by atoms with van der Waals surface area (Å²) < 4.78 is 38.6. The molecule has 1 heterocycles. The number of halogens is 3. The Bertz CT molecular complexity index is 817. The van der Waals surface area contributed by atoms with E-state index in [1.165, 1.54) is 24.0 Å². The highest BCUT2D eigenvalue weighted by Crippen LogP contribution is 2.34. The number of hydrogen-bond acceptors (Lipinski definition) is 2. The Morgan fingerprint density at radius 2 is 1.83 bits per heavy atom. The van der Waals surface area contributed by atoms with Crippen LogP contribution in [0.4, 0.5) is 24.5 Å². The van der Waals surface area contributed by atoms with Crippen LogP contribution in [-0.2, 0) is 11.0 Å². The smallest absolute Gasteiger partial charge is 0.322 e. The Morgan fingerprint density at radius 1 is 1.12 bits per heavy atom. The van der Waals surface area contributed by atoms with Crippen molar-refractivity contribution in [2.75, 3.05) is 10.2 Å². The van der Waals surface area contributed by atoms with E-state index < -0.39 is 29.6 Å². The van der Waals surface area contributed by atoms with E-state index in [2.05, 4.69) is 5.32 Å². The Balaban J connectivity index is 2.05. The van der Waals surface area contributed by atoms with Crippen LogP contribution in [0.1, 0.15) is 22.8 Å². The zero-order valence-electron chi connectivity index (χ0n) is 12.6. The number of alkyl halides is 3. The molecular weight excluding hydrogens is 321 g/mol. The summed E-state index contributed by atoms with van der Waals surface area (Å²) in [5, 5.41) is 2.67. The van der Waals surface area contributed by atoms with E-state index >= 15 is 0 Å². The summed E-state index contributed by atoms with van der Waals surface area (Å²) in [5.41, 5.74) is -0.134. The summed E-state index contributed by atoms with van der Waals surface area (Å²) in [6.07, 6.45) is -4.54. The fourth-order valence-electron chi connectivity index (χ4n) is 2.61. The monoisotopic (exact) mass is 334 g/mol. The number of carbonyl (C=O) groups excluding carboxylic acids is 2. The topological polar surface area (TPSA) is 49.4 Å². The molecule has 0 unspecified atom stereocenters. The first-order valence-corrected chi connectivity index (χ1v) is 7.20. The van der Waals surface area contributed by atoms with Gasteiger partial charge >= 0.3 is 6.18 Å². The maximum atomic E-state index is 12.9. The lowest BCUT2D eigenvalue weighted by Crippen LogP contribution is -2.49. The number of amides is 2. The van der Waals surface area contributed by atoms with Crippen molar-refractivity contribution < 1.29 is 22.8 Å². The van der Waals surface area contributed by atoms with E-state index in [4.69, 9.17) is 0 Å². The Kier molecular flexibility index (Phi) is 3.79. The van der Waals surface area contributed by atoms with Crippen molar-refractivity contribution in [3.63, 3.8) is 0 Å². The number of nitrogens with one attached hydrogen (secondary N) is 1. The van der Waals surface area contributed by atoms with Crippen molar-refractivity contribution in [2.45, 2.75) is 19.1 Å². The van der Waals surface area contributed by atoms with Crippen LogP contribution in [0.2, 0.25) is 0 Å². The second-order valence-corrected chi connectivity index (χ2v) is 5.44. The minimum Gasteiger partial charge on any atom is -0.322 e. The molecule has 2 aromatic rings. The molecule has 24 heavy (non-hydrogen) atoms. The molecule has 0 bridgehead atoms. The molecule has 0 saturated heterocycles. The third kappa shape index (κ3) is 2.73. The first-order chi connectivity index (χ1) is 11.3. The molecule has 0 spiro atoms. The van der Waals surface area contributed by atoms with Crippen LogP contribution < -0.4 is 10.2 Å². The summed E-state index contributed by atoms with van der Waals surface area (Å²) >= 11 is 0. The van der Waals surface area contributed by atoms with Gasteiger partial charge in [0.2, 0.25) is 5.91 Å². The molecule has 2 amide bonds. The summed E-state index contributed by atoms with van der Waals surface area (Å²) in [7, 11) is 0. The normalized spacial score (nSPS) is 17.2. The largest absolute Gasteiger partial charge is 0.416 e. The van der Waals surface area contributed by atoms with Crippen LogP contribution in [0.3, 0.4) is 0 Å². The SMILES string of the molecule is C[C@H]1C(=O)Nc2ccccc2N1C(=O)c1cccc(C(F)(F)F)c1. The summed E-state index contributed by atoms with van der Waals surface area (Å²) in [4.78, 5) is 26.0. The number of hydrogen-bond donors (Lipinski definition) is 1. The van der Waals surface area contributed by atoms with Gasteiger partial charge in [0.25, 0.3) is 5.91 Å². The third-order valence-electron chi connectivity index (χ3n) is 3.84. The highest BCUT2D eigenvalue weighted by molar-refractivity contribution is 6.16.